The van der Waals surface area contributed by atoms with Crippen molar-refractivity contribution in [2.75, 3.05) is 26.3 Å². The maximum Gasteiger partial charge on any atom is 0.338 e. The molecule has 4 rings (SSSR count). The number of hydrogen-bond donors (Lipinski definition) is 5. The highest BCUT2D eigenvalue weighted by Crippen LogP contribution is 2.20. The van der Waals surface area contributed by atoms with Crippen LogP contribution in [0.15, 0.2) is 77.7 Å². The van der Waals surface area contributed by atoms with Crippen molar-refractivity contribution in [2.24, 2.45) is 11.5 Å². The van der Waals surface area contributed by atoms with Crippen molar-refractivity contribution < 1.29 is 19.0 Å². The van der Waals surface area contributed by atoms with Gasteiger partial charge in [0, 0.05) is 42.4 Å². The van der Waals surface area contributed by atoms with Gasteiger partial charge >= 0.3 is 5.97 Å². The van der Waals surface area contributed by atoms with Crippen LogP contribution >= 0.6 is 12.6 Å². The van der Waals surface area contributed by atoms with E-state index in [2.05, 4.69) is 17.5 Å². The molecule has 1 saturated heterocycles. The van der Waals surface area contributed by atoms with Gasteiger partial charge in [-0.1, -0.05) is 24.3 Å². The normalized spacial score (nSPS) is 13.8. The zero-order valence-corrected chi connectivity index (χ0v) is 25.1. The van der Waals surface area contributed by atoms with E-state index in [1.807, 2.05) is 43.3 Å². The molecule has 10 heteroatoms. The molecule has 1 aliphatic rings. The highest BCUT2D eigenvalue weighted by molar-refractivity contribution is 7.80. The first-order valence-electron chi connectivity index (χ1n) is 14.0. The van der Waals surface area contributed by atoms with Crippen LogP contribution in [0.2, 0.25) is 0 Å². The van der Waals surface area contributed by atoms with E-state index >= 15 is 0 Å². The molecule has 0 bridgehead atoms. The zero-order valence-electron chi connectivity index (χ0n) is 24.2. The summed E-state index contributed by atoms with van der Waals surface area (Å²) in [7, 11) is 0. The Kier molecular flexibility index (Phi) is 12.7. The average Bonchev–Trinajstić information content (AvgIpc) is 2.98. The lowest BCUT2D eigenvalue weighted by molar-refractivity contribution is 0.0526. The smallest absolute Gasteiger partial charge is 0.338 e. The molecule has 0 saturated carbocycles. The monoisotopic (exact) mass is 591 g/mol. The highest BCUT2D eigenvalue weighted by atomic mass is 32.1. The maximum absolute atomic E-state index is 11.1. The van der Waals surface area contributed by atoms with Crippen molar-refractivity contribution in [3.05, 3.63) is 89.5 Å². The number of hydrogen-bond acceptors (Lipinski definition) is 8. The number of benzene rings is 3. The Hall–Kier alpha value is -4.02. The molecular weight excluding hydrogens is 550 g/mol. The van der Waals surface area contributed by atoms with Crippen LogP contribution in [0.25, 0.3) is 0 Å². The predicted molar refractivity (Wildman–Crippen MR) is 169 cm³/mol. The first-order chi connectivity index (χ1) is 20.1. The van der Waals surface area contributed by atoms with Gasteiger partial charge in [-0.15, -0.1) is 12.6 Å². The number of amidine groups is 2. The predicted octanol–water partition coefficient (Wildman–Crippen LogP) is 4.91. The third-order valence-corrected chi connectivity index (χ3v) is 6.93. The van der Waals surface area contributed by atoms with E-state index in [4.69, 9.17) is 36.5 Å². The minimum atomic E-state index is -0.286. The summed E-state index contributed by atoms with van der Waals surface area (Å²) in [5.74, 6) is 1.89. The largest absolute Gasteiger partial charge is 0.492 e. The lowest BCUT2D eigenvalue weighted by Gasteiger charge is -2.32. The maximum atomic E-state index is 11.1. The highest BCUT2D eigenvalue weighted by Gasteiger charge is 2.20. The Morgan fingerprint density at radius 1 is 1.00 bits per heavy atom. The first-order valence-corrected chi connectivity index (χ1v) is 14.4. The molecular formula is C32H41N5O4S. The summed E-state index contributed by atoms with van der Waals surface area (Å²) >= 11 is 4.10. The quantitative estimate of drug-likeness (QED) is 0.0974. The number of likely N-dealkylation sites (tertiary alicyclic amines) is 1. The SMILES string of the molecule is CC(=N)N1CCC(Oc2ccc(C[C@H](N)COc3cccc(C(=N)N)c3)cc2)CC1.CCOC(=O)c1ccc(S)cc1. The molecule has 0 amide bonds. The van der Waals surface area contributed by atoms with Crippen molar-refractivity contribution in [1.29, 1.82) is 10.8 Å². The van der Waals surface area contributed by atoms with E-state index in [0.29, 0.717) is 42.3 Å². The van der Waals surface area contributed by atoms with Gasteiger partial charge < -0.3 is 30.6 Å². The number of nitrogens with one attached hydrogen (secondary N) is 2. The lowest BCUT2D eigenvalue weighted by atomic mass is 10.1. The van der Waals surface area contributed by atoms with E-state index < -0.39 is 0 Å². The van der Waals surface area contributed by atoms with Gasteiger partial charge in [0.15, 0.2) is 0 Å². The summed E-state index contributed by atoms with van der Waals surface area (Å²) in [6.07, 6.45) is 2.77. The van der Waals surface area contributed by atoms with E-state index in [1.54, 1.807) is 43.3 Å². The second kappa shape index (κ2) is 16.4. The average molecular weight is 592 g/mol. The molecule has 6 N–H and O–H groups in total. The summed E-state index contributed by atoms with van der Waals surface area (Å²) in [6, 6.07) is 22.0. The number of carbonyl (C=O) groups excluding carboxylic acids is 1. The third kappa shape index (κ3) is 10.8. The summed E-state index contributed by atoms with van der Waals surface area (Å²) < 4.78 is 16.7. The molecule has 0 spiro atoms. The van der Waals surface area contributed by atoms with Gasteiger partial charge in [-0.2, -0.15) is 0 Å². The van der Waals surface area contributed by atoms with Gasteiger partial charge in [0.1, 0.15) is 30.0 Å². The molecule has 1 atom stereocenters. The van der Waals surface area contributed by atoms with Crippen molar-refractivity contribution >= 4 is 30.3 Å². The topological polar surface area (TPSA) is 148 Å². The third-order valence-electron chi connectivity index (χ3n) is 6.63. The Labute approximate surface area is 253 Å². The van der Waals surface area contributed by atoms with Crippen LogP contribution in [0.1, 0.15) is 48.2 Å². The van der Waals surface area contributed by atoms with Crippen LogP contribution in [-0.4, -0.2) is 61.0 Å². The molecule has 9 nitrogen and oxygen atoms in total. The Morgan fingerprint density at radius 3 is 2.26 bits per heavy atom. The van der Waals surface area contributed by atoms with Gasteiger partial charge in [-0.3, -0.25) is 10.8 Å². The molecule has 1 fully saturated rings. The number of ether oxygens (including phenoxy) is 3. The van der Waals surface area contributed by atoms with E-state index in [1.165, 1.54) is 0 Å². The molecule has 1 heterocycles. The number of nitrogen functional groups attached to an aromatic ring is 1. The standard InChI is InChI=1S/C23H31N5O2.C9H10O2S/c1-16(24)28-11-9-21(10-12-28)30-20-7-5-17(6-8-20)13-19(25)15-29-22-4-2-3-18(14-22)23(26)27;1-2-11-9(10)7-3-5-8(12)6-4-7/h2-8,14,19,21,24H,9-13,15,25H2,1H3,(H3,26,27);3-6,12H,2H2,1H3/t19-;/m0./s1. The summed E-state index contributed by atoms with van der Waals surface area (Å²) in [5.41, 5.74) is 14.1. The summed E-state index contributed by atoms with van der Waals surface area (Å²) in [6.45, 7) is 6.15. The van der Waals surface area contributed by atoms with Crippen LogP contribution < -0.4 is 20.9 Å². The fourth-order valence-electron chi connectivity index (χ4n) is 4.34. The fraction of sp³-hybridized carbons (Fsp3) is 0.344. The fourth-order valence-corrected chi connectivity index (χ4v) is 4.48. The number of nitrogens with two attached hydrogens (primary N) is 2. The minimum Gasteiger partial charge on any atom is -0.492 e. The Bertz CT molecular complexity index is 1310. The summed E-state index contributed by atoms with van der Waals surface area (Å²) in [5, 5.41) is 15.2. The van der Waals surface area contributed by atoms with Crippen molar-refractivity contribution in [3.8, 4) is 11.5 Å². The lowest BCUT2D eigenvalue weighted by Crippen LogP contribution is -2.40. The van der Waals surface area contributed by atoms with Crippen molar-refractivity contribution in [1.82, 2.24) is 4.90 Å². The molecule has 0 unspecified atom stereocenters. The van der Waals surface area contributed by atoms with Crippen molar-refractivity contribution in [2.45, 2.75) is 50.2 Å². The Balaban J connectivity index is 0.000000337. The molecule has 3 aromatic carbocycles. The van der Waals surface area contributed by atoms with Gasteiger partial charge in [0.25, 0.3) is 0 Å². The van der Waals surface area contributed by atoms with Gasteiger partial charge in [0.2, 0.25) is 0 Å². The number of nitrogens with zero attached hydrogens (tertiary/aromatic N) is 1. The second-order valence-corrected chi connectivity index (χ2v) is 10.5. The number of thiol groups is 1. The van der Waals surface area contributed by atoms with Crippen LogP contribution in [0.4, 0.5) is 0 Å². The number of piperidine rings is 1. The van der Waals surface area contributed by atoms with Crippen LogP contribution in [0.3, 0.4) is 0 Å². The van der Waals surface area contributed by atoms with Crippen LogP contribution in [0.5, 0.6) is 11.5 Å². The number of rotatable bonds is 10. The van der Waals surface area contributed by atoms with Crippen LogP contribution in [-0.2, 0) is 11.2 Å². The second-order valence-electron chi connectivity index (χ2n) is 10.0. The van der Waals surface area contributed by atoms with E-state index in [9.17, 15) is 4.79 Å². The van der Waals surface area contributed by atoms with Crippen molar-refractivity contribution in [3.63, 3.8) is 0 Å². The first kappa shape index (κ1) is 32.5. The molecule has 224 valence electrons. The number of carbonyl (C=O) groups is 1. The number of esters is 1. The van der Waals surface area contributed by atoms with Gasteiger partial charge in [-0.05, 0) is 74.4 Å². The van der Waals surface area contributed by atoms with Gasteiger partial charge in [-0.25, -0.2) is 4.79 Å². The molecule has 0 aliphatic carbocycles. The Morgan fingerprint density at radius 2 is 1.67 bits per heavy atom. The molecule has 1 aliphatic heterocycles. The summed E-state index contributed by atoms with van der Waals surface area (Å²) in [4.78, 5) is 14.0. The molecule has 42 heavy (non-hydrogen) atoms. The molecule has 0 radical (unpaired) electrons. The van der Waals surface area contributed by atoms with Gasteiger partial charge in [0.05, 0.1) is 18.0 Å². The minimum absolute atomic E-state index is 0.0162. The molecule has 0 aromatic heterocycles. The van der Waals surface area contributed by atoms with Crippen LogP contribution in [0, 0.1) is 10.8 Å². The van der Waals surface area contributed by atoms with E-state index in [-0.39, 0.29) is 24.0 Å². The van der Waals surface area contributed by atoms with E-state index in [0.717, 1.165) is 42.1 Å². The molecule has 3 aromatic rings. The zero-order chi connectivity index (χ0) is 30.5.